The van der Waals surface area contributed by atoms with E-state index in [2.05, 4.69) is 11.4 Å². The summed E-state index contributed by atoms with van der Waals surface area (Å²) < 4.78 is 24.2. The summed E-state index contributed by atoms with van der Waals surface area (Å²) in [7, 11) is -3.10. The summed E-state index contributed by atoms with van der Waals surface area (Å²) in [4.78, 5) is 0. The molecule has 0 aliphatic heterocycles. The number of benzene rings is 1. The standard InChI is InChI=1S/C13H19N3O2S/c1-3-16(19(2,17)18)10-4-9-15-13-7-5-12(11-14)6-8-13/h5-8,15H,3-4,9-10H2,1-2H3. The van der Waals surface area contributed by atoms with Crippen molar-refractivity contribution in [3.05, 3.63) is 29.8 Å². The fraction of sp³-hybridized carbons (Fsp3) is 0.462. The van der Waals surface area contributed by atoms with Crippen molar-refractivity contribution < 1.29 is 8.42 Å². The molecule has 0 saturated carbocycles. The van der Waals surface area contributed by atoms with Crippen molar-refractivity contribution in [1.29, 1.82) is 5.26 Å². The Morgan fingerprint density at radius 1 is 1.32 bits per heavy atom. The molecule has 1 aromatic rings. The number of nitrogens with one attached hydrogen (secondary N) is 1. The highest BCUT2D eigenvalue weighted by molar-refractivity contribution is 7.88. The summed E-state index contributed by atoms with van der Waals surface area (Å²) in [5.41, 5.74) is 1.56. The van der Waals surface area contributed by atoms with Crippen LogP contribution in [0.5, 0.6) is 0 Å². The van der Waals surface area contributed by atoms with Crippen LogP contribution in [0.25, 0.3) is 0 Å². The highest BCUT2D eigenvalue weighted by Gasteiger charge is 2.12. The molecule has 19 heavy (non-hydrogen) atoms. The second-order valence-electron chi connectivity index (χ2n) is 4.22. The molecule has 104 valence electrons. The third kappa shape index (κ3) is 5.28. The molecular formula is C13H19N3O2S. The van der Waals surface area contributed by atoms with Crippen LogP contribution in [0, 0.1) is 11.3 Å². The number of nitrogens with zero attached hydrogens (tertiary/aromatic N) is 2. The van der Waals surface area contributed by atoms with E-state index in [1.54, 1.807) is 12.1 Å². The molecule has 0 saturated heterocycles. The van der Waals surface area contributed by atoms with Crippen molar-refractivity contribution in [2.75, 3.05) is 31.2 Å². The van der Waals surface area contributed by atoms with Crippen LogP contribution in [-0.2, 0) is 10.0 Å². The number of sulfonamides is 1. The van der Waals surface area contributed by atoms with E-state index in [4.69, 9.17) is 5.26 Å². The first-order valence-corrected chi connectivity index (χ1v) is 8.01. The smallest absolute Gasteiger partial charge is 0.211 e. The van der Waals surface area contributed by atoms with E-state index in [0.29, 0.717) is 25.2 Å². The lowest BCUT2D eigenvalue weighted by molar-refractivity contribution is 0.429. The van der Waals surface area contributed by atoms with Crippen molar-refractivity contribution in [2.45, 2.75) is 13.3 Å². The van der Waals surface area contributed by atoms with Crippen LogP contribution in [0.2, 0.25) is 0 Å². The highest BCUT2D eigenvalue weighted by Crippen LogP contribution is 2.08. The zero-order valence-electron chi connectivity index (χ0n) is 11.3. The number of hydrogen-bond donors (Lipinski definition) is 1. The van der Waals surface area contributed by atoms with E-state index in [1.807, 2.05) is 19.1 Å². The lowest BCUT2D eigenvalue weighted by atomic mass is 10.2. The van der Waals surface area contributed by atoms with Gasteiger partial charge in [-0.15, -0.1) is 0 Å². The van der Waals surface area contributed by atoms with Gasteiger partial charge < -0.3 is 5.32 Å². The van der Waals surface area contributed by atoms with E-state index in [0.717, 1.165) is 12.1 Å². The maximum Gasteiger partial charge on any atom is 0.211 e. The maximum atomic E-state index is 11.4. The summed E-state index contributed by atoms with van der Waals surface area (Å²) in [6.07, 6.45) is 1.96. The minimum Gasteiger partial charge on any atom is -0.385 e. The normalized spacial score (nSPS) is 11.3. The average Bonchev–Trinajstić information content (AvgIpc) is 2.38. The second-order valence-corrected chi connectivity index (χ2v) is 6.21. The van der Waals surface area contributed by atoms with Crippen molar-refractivity contribution in [3.63, 3.8) is 0 Å². The minimum absolute atomic E-state index is 0.496. The summed E-state index contributed by atoms with van der Waals surface area (Å²) >= 11 is 0. The van der Waals surface area contributed by atoms with Gasteiger partial charge in [0.25, 0.3) is 0 Å². The molecule has 5 nitrogen and oxygen atoms in total. The van der Waals surface area contributed by atoms with E-state index < -0.39 is 10.0 Å². The zero-order valence-corrected chi connectivity index (χ0v) is 12.1. The number of rotatable bonds is 7. The van der Waals surface area contributed by atoms with Crippen molar-refractivity contribution >= 4 is 15.7 Å². The Labute approximate surface area is 114 Å². The first-order valence-electron chi connectivity index (χ1n) is 6.16. The Hall–Kier alpha value is -1.58. The van der Waals surface area contributed by atoms with E-state index in [1.165, 1.54) is 10.6 Å². The molecule has 0 spiro atoms. The molecule has 0 heterocycles. The second kappa shape index (κ2) is 7.12. The highest BCUT2D eigenvalue weighted by atomic mass is 32.2. The SMILES string of the molecule is CCN(CCCNc1ccc(C#N)cc1)S(C)(=O)=O. The summed E-state index contributed by atoms with van der Waals surface area (Å²) in [5.74, 6) is 0. The quantitative estimate of drug-likeness (QED) is 0.771. The van der Waals surface area contributed by atoms with Crippen LogP contribution < -0.4 is 5.32 Å². The molecule has 0 radical (unpaired) electrons. The molecule has 6 heteroatoms. The molecule has 0 bridgehead atoms. The number of anilines is 1. The first-order chi connectivity index (χ1) is 8.97. The lowest BCUT2D eigenvalue weighted by Gasteiger charge is -2.17. The van der Waals surface area contributed by atoms with Gasteiger partial charge >= 0.3 is 0 Å². The Morgan fingerprint density at radius 2 is 1.95 bits per heavy atom. The van der Waals surface area contributed by atoms with Crippen LogP contribution in [0.3, 0.4) is 0 Å². The van der Waals surface area contributed by atoms with Crippen molar-refractivity contribution in [3.8, 4) is 6.07 Å². The molecule has 0 aromatic heterocycles. The zero-order chi connectivity index (χ0) is 14.3. The van der Waals surface area contributed by atoms with Crippen molar-refractivity contribution in [1.82, 2.24) is 4.31 Å². The van der Waals surface area contributed by atoms with Gasteiger partial charge in [0.05, 0.1) is 17.9 Å². The maximum absolute atomic E-state index is 11.4. The van der Waals surface area contributed by atoms with Crippen LogP contribution >= 0.6 is 0 Å². The molecule has 0 atom stereocenters. The van der Waals surface area contributed by atoms with Gasteiger partial charge in [-0.05, 0) is 30.7 Å². The molecule has 1 aromatic carbocycles. The van der Waals surface area contributed by atoms with Crippen LogP contribution in [-0.4, -0.2) is 38.6 Å². The van der Waals surface area contributed by atoms with Crippen LogP contribution in [0.15, 0.2) is 24.3 Å². The molecule has 0 unspecified atom stereocenters. The average molecular weight is 281 g/mol. The predicted octanol–water partition coefficient (Wildman–Crippen LogP) is 1.64. The summed E-state index contributed by atoms with van der Waals surface area (Å²) in [6, 6.07) is 9.23. The van der Waals surface area contributed by atoms with Gasteiger partial charge in [0, 0.05) is 25.3 Å². The van der Waals surface area contributed by atoms with Gasteiger partial charge in [-0.25, -0.2) is 12.7 Å². The van der Waals surface area contributed by atoms with Gasteiger partial charge in [-0.2, -0.15) is 5.26 Å². The Balaban J connectivity index is 2.36. The van der Waals surface area contributed by atoms with Crippen LogP contribution in [0.1, 0.15) is 18.9 Å². The third-order valence-corrected chi connectivity index (χ3v) is 4.13. The predicted molar refractivity (Wildman–Crippen MR) is 76.4 cm³/mol. The summed E-state index contributed by atoms with van der Waals surface area (Å²) in [6.45, 7) is 3.53. The Bertz CT molecular complexity index is 532. The Morgan fingerprint density at radius 3 is 2.42 bits per heavy atom. The van der Waals surface area contributed by atoms with Gasteiger partial charge in [0.2, 0.25) is 10.0 Å². The van der Waals surface area contributed by atoms with E-state index >= 15 is 0 Å². The van der Waals surface area contributed by atoms with E-state index in [9.17, 15) is 8.42 Å². The molecule has 0 fully saturated rings. The fourth-order valence-corrected chi connectivity index (χ4v) is 2.64. The molecule has 0 amide bonds. The number of hydrogen-bond acceptors (Lipinski definition) is 4. The molecule has 0 aliphatic rings. The van der Waals surface area contributed by atoms with Gasteiger partial charge in [-0.1, -0.05) is 6.92 Å². The monoisotopic (exact) mass is 281 g/mol. The summed E-state index contributed by atoms with van der Waals surface area (Å²) in [5, 5.41) is 11.9. The first kappa shape index (κ1) is 15.5. The molecule has 1 N–H and O–H groups in total. The molecular weight excluding hydrogens is 262 g/mol. The van der Waals surface area contributed by atoms with Gasteiger partial charge in [0.15, 0.2) is 0 Å². The molecule has 0 aliphatic carbocycles. The minimum atomic E-state index is -3.10. The van der Waals surface area contributed by atoms with Gasteiger partial charge in [-0.3, -0.25) is 0 Å². The van der Waals surface area contributed by atoms with Crippen LogP contribution in [0.4, 0.5) is 5.69 Å². The van der Waals surface area contributed by atoms with E-state index in [-0.39, 0.29) is 0 Å². The fourth-order valence-electron chi connectivity index (χ4n) is 1.71. The Kier molecular flexibility index (Phi) is 5.80. The van der Waals surface area contributed by atoms with Crippen molar-refractivity contribution in [2.24, 2.45) is 0 Å². The topological polar surface area (TPSA) is 73.2 Å². The van der Waals surface area contributed by atoms with Gasteiger partial charge in [0.1, 0.15) is 0 Å². The molecule has 1 rings (SSSR count). The largest absolute Gasteiger partial charge is 0.385 e. The lowest BCUT2D eigenvalue weighted by Crippen LogP contribution is -2.31. The third-order valence-electron chi connectivity index (χ3n) is 2.75. The number of nitriles is 1.